The molecule has 7 nitrogen and oxygen atoms in total. The van der Waals surface area contributed by atoms with E-state index < -0.39 is 16.3 Å². The molecule has 0 spiro atoms. The number of rotatable bonds is 5. The molecule has 0 heterocycles. The Morgan fingerprint density at radius 1 is 1.32 bits per heavy atom. The summed E-state index contributed by atoms with van der Waals surface area (Å²) in [6, 6.07) is 5.90. The first-order valence-corrected chi connectivity index (χ1v) is 6.90. The Hall–Kier alpha value is -2.09. The van der Waals surface area contributed by atoms with Gasteiger partial charge in [-0.3, -0.25) is 9.52 Å². The van der Waals surface area contributed by atoms with E-state index in [1.807, 2.05) is 0 Å². The number of hydrogen-bond donors (Lipinski definition) is 2. The molecule has 0 radical (unpaired) electrons. The van der Waals surface area contributed by atoms with E-state index in [-0.39, 0.29) is 18.1 Å². The molecule has 2 N–H and O–H groups in total. The molecule has 0 fully saturated rings. The van der Waals surface area contributed by atoms with Crippen LogP contribution >= 0.6 is 0 Å². The Labute approximate surface area is 111 Å². The first-order valence-electron chi connectivity index (χ1n) is 5.42. The summed E-state index contributed by atoms with van der Waals surface area (Å²) in [5, 5.41) is 0. The van der Waals surface area contributed by atoms with Crippen LogP contribution in [-0.2, 0) is 14.9 Å². The van der Waals surface area contributed by atoms with Crippen molar-refractivity contribution in [1.29, 1.82) is 0 Å². The monoisotopic (exact) mass is 286 g/mol. The molecule has 104 valence electrons. The molecule has 0 saturated carbocycles. The van der Waals surface area contributed by atoms with Crippen LogP contribution in [0.5, 0.6) is 0 Å². The molecular weight excluding hydrogens is 272 g/mol. The van der Waals surface area contributed by atoms with Crippen molar-refractivity contribution in [3.8, 4) is 0 Å². The third-order valence-corrected chi connectivity index (χ3v) is 2.95. The lowest BCUT2D eigenvalue weighted by Gasteiger charge is -2.09. The second-order valence-electron chi connectivity index (χ2n) is 3.57. The number of carbonyl (C=O) groups is 2. The Morgan fingerprint density at radius 2 is 2.00 bits per heavy atom. The minimum absolute atomic E-state index is 0.0567. The van der Waals surface area contributed by atoms with Gasteiger partial charge in [0.2, 0.25) is 0 Å². The van der Waals surface area contributed by atoms with Crippen molar-refractivity contribution in [3.05, 3.63) is 29.8 Å². The maximum atomic E-state index is 11.6. The number of ether oxygens (including phenoxy) is 1. The Bertz CT molecular complexity index is 583. The molecule has 0 atom stereocenters. The molecule has 0 aliphatic carbocycles. The number of Topliss-reactive ketones (excluding diaryl/α,β-unsaturated/α-hetero) is 1. The Balaban J connectivity index is 2.81. The SMILES string of the molecule is CCOC(=O)NS(=O)(=O)Nc1cccc(C(C)=O)c1. The fourth-order valence-corrected chi connectivity index (χ4v) is 2.02. The Kier molecular flexibility index (Phi) is 4.87. The summed E-state index contributed by atoms with van der Waals surface area (Å²) < 4.78 is 31.4. The fraction of sp³-hybridized carbons (Fsp3) is 0.273. The van der Waals surface area contributed by atoms with Crippen LogP contribution in [0.1, 0.15) is 24.2 Å². The lowest BCUT2D eigenvalue weighted by Crippen LogP contribution is -2.35. The van der Waals surface area contributed by atoms with Crippen LogP contribution in [0.15, 0.2) is 24.3 Å². The second-order valence-corrected chi connectivity index (χ2v) is 4.98. The minimum Gasteiger partial charge on any atom is -0.449 e. The zero-order chi connectivity index (χ0) is 14.5. The van der Waals surface area contributed by atoms with Gasteiger partial charge in [0.15, 0.2) is 5.78 Å². The number of carbonyl (C=O) groups excluding carboxylic acids is 2. The molecule has 0 unspecified atom stereocenters. The van der Waals surface area contributed by atoms with E-state index in [0.717, 1.165) is 0 Å². The zero-order valence-electron chi connectivity index (χ0n) is 10.5. The molecular formula is C11H14N2O5S. The molecule has 0 aliphatic rings. The predicted molar refractivity (Wildman–Crippen MR) is 69.1 cm³/mol. The van der Waals surface area contributed by atoms with Gasteiger partial charge in [-0.15, -0.1) is 0 Å². The van der Waals surface area contributed by atoms with Crippen molar-refractivity contribution in [1.82, 2.24) is 4.72 Å². The van der Waals surface area contributed by atoms with Gasteiger partial charge in [0.05, 0.1) is 12.3 Å². The van der Waals surface area contributed by atoms with Crippen molar-refractivity contribution >= 4 is 27.8 Å². The van der Waals surface area contributed by atoms with Crippen molar-refractivity contribution < 1.29 is 22.7 Å². The second kappa shape index (κ2) is 6.19. The van der Waals surface area contributed by atoms with E-state index >= 15 is 0 Å². The molecule has 0 aromatic heterocycles. The van der Waals surface area contributed by atoms with Crippen LogP contribution in [0.3, 0.4) is 0 Å². The molecule has 1 aromatic carbocycles. The quantitative estimate of drug-likeness (QED) is 0.794. The van der Waals surface area contributed by atoms with E-state index in [9.17, 15) is 18.0 Å². The van der Waals surface area contributed by atoms with Crippen LogP contribution in [0.4, 0.5) is 10.5 Å². The smallest absolute Gasteiger partial charge is 0.422 e. The topological polar surface area (TPSA) is 102 Å². The molecule has 1 aromatic rings. The van der Waals surface area contributed by atoms with Crippen LogP contribution in [0, 0.1) is 0 Å². The minimum atomic E-state index is -4.08. The number of nitrogens with one attached hydrogen (secondary N) is 2. The van der Waals surface area contributed by atoms with Crippen LogP contribution in [0.25, 0.3) is 0 Å². The first-order chi connectivity index (χ1) is 8.84. The maximum absolute atomic E-state index is 11.6. The van der Waals surface area contributed by atoms with E-state index in [4.69, 9.17) is 0 Å². The molecule has 8 heteroatoms. The number of amides is 1. The lowest BCUT2D eigenvalue weighted by molar-refractivity contribution is 0.101. The summed E-state index contributed by atoms with van der Waals surface area (Å²) in [6.07, 6.45) is -1.07. The van der Waals surface area contributed by atoms with Gasteiger partial charge < -0.3 is 4.74 Å². The van der Waals surface area contributed by atoms with E-state index in [2.05, 4.69) is 9.46 Å². The third-order valence-electron chi connectivity index (χ3n) is 2.01. The molecule has 0 saturated heterocycles. The highest BCUT2D eigenvalue weighted by atomic mass is 32.2. The average Bonchev–Trinajstić information content (AvgIpc) is 2.27. The van der Waals surface area contributed by atoms with Crippen LogP contribution < -0.4 is 9.44 Å². The van der Waals surface area contributed by atoms with E-state index in [0.29, 0.717) is 5.56 Å². The van der Waals surface area contributed by atoms with E-state index in [1.54, 1.807) is 17.7 Å². The Morgan fingerprint density at radius 3 is 2.58 bits per heavy atom. The van der Waals surface area contributed by atoms with Gasteiger partial charge in [0.1, 0.15) is 0 Å². The number of hydrogen-bond acceptors (Lipinski definition) is 5. The highest BCUT2D eigenvalue weighted by molar-refractivity contribution is 7.91. The molecule has 0 aliphatic heterocycles. The molecule has 19 heavy (non-hydrogen) atoms. The predicted octanol–water partition coefficient (Wildman–Crippen LogP) is 1.29. The fourth-order valence-electron chi connectivity index (χ4n) is 1.25. The number of anilines is 1. The van der Waals surface area contributed by atoms with Crippen LogP contribution in [-0.4, -0.2) is 26.9 Å². The van der Waals surface area contributed by atoms with Gasteiger partial charge in [-0.05, 0) is 26.0 Å². The lowest BCUT2D eigenvalue weighted by atomic mass is 10.1. The summed E-state index contributed by atoms with van der Waals surface area (Å²) in [5.41, 5.74) is 0.529. The first kappa shape index (κ1) is 15.0. The van der Waals surface area contributed by atoms with Crippen LogP contribution in [0.2, 0.25) is 0 Å². The normalized spacial score (nSPS) is 10.6. The maximum Gasteiger partial charge on any atom is 0.422 e. The van der Waals surface area contributed by atoms with Gasteiger partial charge in [-0.2, -0.15) is 8.42 Å². The number of ketones is 1. The van der Waals surface area contributed by atoms with Crippen molar-refractivity contribution in [2.45, 2.75) is 13.8 Å². The zero-order valence-corrected chi connectivity index (χ0v) is 11.3. The summed E-state index contributed by atoms with van der Waals surface area (Å²) in [5.74, 6) is -0.195. The largest absolute Gasteiger partial charge is 0.449 e. The van der Waals surface area contributed by atoms with Gasteiger partial charge in [-0.1, -0.05) is 12.1 Å². The van der Waals surface area contributed by atoms with Crippen molar-refractivity contribution in [3.63, 3.8) is 0 Å². The summed E-state index contributed by atoms with van der Waals surface area (Å²) in [7, 11) is -4.08. The van der Waals surface area contributed by atoms with Crippen molar-refractivity contribution in [2.75, 3.05) is 11.3 Å². The van der Waals surface area contributed by atoms with Gasteiger partial charge in [0.25, 0.3) is 0 Å². The molecule has 1 rings (SSSR count). The number of benzene rings is 1. The van der Waals surface area contributed by atoms with Gasteiger partial charge >= 0.3 is 16.3 Å². The van der Waals surface area contributed by atoms with E-state index in [1.165, 1.54) is 25.1 Å². The highest BCUT2D eigenvalue weighted by Crippen LogP contribution is 2.12. The van der Waals surface area contributed by atoms with Gasteiger partial charge in [0, 0.05) is 5.56 Å². The summed E-state index contributed by atoms with van der Waals surface area (Å²) in [6.45, 7) is 2.97. The summed E-state index contributed by atoms with van der Waals surface area (Å²) >= 11 is 0. The average molecular weight is 286 g/mol. The highest BCUT2D eigenvalue weighted by Gasteiger charge is 2.15. The third kappa shape index (κ3) is 4.96. The van der Waals surface area contributed by atoms with Crippen molar-refractivity contribution in [2.24, 2.45) is 0 Å². The summed E-state index contributed by atoms with van der Waals surface area (Å²) in [4.78, 5) is 22.2. The standard InChI is InChI=1S/C11H14N2O5S/c1-3-18-11(15)13-19(16,17)12-10-6-4-5-9(7-10)8(2)14/h4-7,12H,3H2,1-2H3,(H,13,15). The molecule has 1 amide bonds. The molecule has 0 bridgehead atoms. The van der Waals surface area contributed by atoms with Gasteiger partial charge in [-0.25, -0.2) is 9.52 Å².